The Morgan fingerprint density at radius 3 is 2.60 bits per heavy atom. The lowest BCUT2D eigenvalue weighted by molar-refractivity contribution is 0.766. The maximum atomic E-state index is 5.53. The number of hydrogen-bond acceptors (Lipinski definition) is 4. The van der Waals surface area contributed by atoms with Gasteiger partial charge in [0.1, 0.15) is 0 Å². The summed E-state index contributed by atoms with van der Waals surface area (Å²) < 4.78 is 1.74. The van der Waals surface area contributed by atoms with Gasteiger partial charge in [-0.15, -0.1) is 5.10 Å². The predicted molar refractivity (Wildman–Crippen MR) is 56.4 cm³/mol. The van der Waals surface area contributed by atoms with Gasteiger partial charge in [0.15, 0.2) is 5.82 Å². The van der Waals surface area contributed by atoms with Crippen LogP contribution in [0.25, 0.3) is 5.69 Å². The predicted octanol–water partition coefficient (Wildman–Crippen LogP) is 0.683. The molecular formula is C10H13N5. The minimum Gasteiger partial charge on any atom is -0.326 e. The van der Waals surface area contributed by atoms with E-state index in [2.05, 4.69) is 15.5 Å². The van der Waals surface area contributed by atoms with Crippen LogP contribution in [0.5, 0.6) is 0 Å². The van der Waals surface area contributed by atoms with Crippen molar-refractivity contribution in [3.05, 3.63) is 35.7 Å². The van der Waals surface area contributed by atoms with Crippen molar-refractivity contribution in [1.29, 1.82) is 0 Å². The van der Waals surface area contributed by atoms with Gasteiger partial charge in [-0.1, -0.05) is 19.1 Å². The Bertz CT molecular complexity index is 431. The first-order valence-electron chi connectivity index (χ1n) is 4.91. The first-order chi connectivity index (χ1) is 7.35. The molecule has 0 spiro atoms. The third-order valence-electron chi connectivity index (χ3n) is 2.27. The fourth-order valence-electron chi connectivity index (χ4n) is 1.40. The summed E-state index contributed by atoms with van der Waals surface area (Å²) in [6, 6.07) is 7.91. The van der Waals surface area contributed by atoms with Gasteiger partial charge in [-0.2, -0.15) is 4.68 Å². The number of aryl methyl sites for hydroxylation is 1. The molecule has 0 aliphatic carbocycles. The van der Waals surface area contributed by atoms with E-state index in [0.717, 1.165) is 23.5 Å². The van der Waals surface area contributed by atoms with Gasteiger partial charge in [0.25, 0.3) is 0 Å². The second-order valence-corrected chi connectivity index (χ2v) is 3.23. The topological polar surface area (TPSA) is 69.6 Å². The highest BCUT2D eigenvalue weighted by molar-refractivity contribution is 5.34. The minimum absolute atomic E-state index is 0.552. The molecule has 15 heavy (non-hydrogen) atoms. The summed E-state index contributed by atoms with van der Waals surface area (Å²) in [7, 11) is 0. The van der Waals surface area contributed by atoms with Gasteiger partial charge < -0.3 is 5.73 Å². The Morgan fingerprint density at radius 2 is 2.00 bits per heavy atom. The quantitative estimate of drug-likeness (QED) is 0.796. The van der Waals surface area contributed by atoms with Crippen LogP contribution in [0.1, 0.15) is 18.3 Å². The van der Waals surface area contributed by atoms with E-state index in [4.69, 9.17) is 5.73 Å². The summed E-state index contributed by atoms with van der Waals surface area (Å²) in [6.45, 7) is 2.58. The number of rotatable bonds is 3. The third kappa shape index (κ3) is 1.87. The lowest BCUT2D eigenvalue weighted by Gasteiger charge is -2.03. The molecule has 0 aliphatic rings. The number of nitrogens with two attached hydrogens (primary N) is 1. The summed E-state index contributed by atoms with van der Waals surface area (Å²) >= 11 is 0. The summed E-state index contributed by atoms with van der Waals surface area (Å²) in [5, 5.41) is 11.5. The maximum Gasteiger partial charge on any atom is 0.156 e. The van der Waals surface area contributed by atoms with Gasteiger partial charge in [0, 0.05) is 13.0 Å². The van der Waals surface area contributed by atoms with Gasteiger partial charge in [-0.3, -0.25) is 0 Å². The highest BCUT2D eigenvalue weighted by Gasteiger charge is 2.05. The molecule has 78 valence electrons. The van der Waals surface area contributed by atoms with Crippen LogP contribution in [-0.4, -0.2) is 20.2 Å². The number of tetrazole rings is 1. The molecule has 0 radical (unpaired) electrons. The zero-order chi connectivity index (χ0) is 10.7. The van der Waals surface area contributed by atoms with E-state index >= 15 is 0 Å². The molecule has 0 amide bonds. The van der Waals surface area contributed by atoms with Crippen molar-refractivity contribution < 1.29 is 0 Å². The summed E-state index contributed by atoms with van der Waals surface area (Å²) in [5.74, 6) is 0.857. The van der Waals surface area contributed by atoms with Crippen LogP contribution in [0.3, 0.4) is 0 Å². The molecule has 5 heteroatoms. The van der Waals surface area contributed by atoms with Gasteiger partial charge >= 0.3 is 0 Å². The van der Waals surface area contributed by atoms with E-state index in [1.54, 1.807) is 4.68 Å². The summed E-state index contributed by atoms with van der Waals surface area (Å²) in [4.78, 5) is 0. The van der Waals surface area contributed by atoms with Crippen LogP contribution in [0.4, 0.5) is 0 Å². The first kappa shape index (κ1) is 9.79. The average molecular weight is 203 g/mol. The summed E-state index contributed by atoms with van der Waals surface area (Å²) in [5.41, 5.74) is 7.60. The van der Waals surface area contributed by atoms with Crippen molar-refractivity contribution in [3.8, 4) is 5.69 Å². The lowest BCUT2D eigenvalue weighted by Crippen LogP contribution is -2.03. The van der Waals surface area contributed by atoms with E-state index in [1.807, 2.05) is 31.2 Å². The minimum atomic E-state index is 0.552. The molecule has 0 bridgehead atoms. The van der Waals surface area contributed by atoms with Gasteiger partial charge in [-0.25, -0.2) is 0 Å². The van der Waals surface area contributed by atoms with E-state index in [0.29, 0.717) is 6.54 Å². The van der Waals surface area contributed by atoms with E-state index in [-0.39, 0.29) is 0 Å². The van der Waals surface area contributed by atoms with Crippen molar-refractivity contribution in [1.82, 2.24) is 20.2 Å². The molecule has 2 rings (SSSR count). The molecule has 0 saturated carbocycles. The molecule has 2 aromatic rings. The molecular weight excluding hydrogens is 190 g/mol. The number of nitrogens with zero attached hydrogens (tertiary/aromatic N) is 4. The van der Waals surface area contributed by atoms with Crippen molar-refractivity contribution >= 4 is 0 Å². The second-order valence-electron chi connectivity index (χ2n) is 3.23. The zero-order valence-corrected chi connectivity index (χ0v) is 8.59. The van der Waals surface area contributed by atoms with Gasteiger partial charge in [0.2, 0.25) is 0 Å². The molecule has 2 N–H and O–H groups in total. The number of aromatic nitrogens is 4. The smallest absolute Gasteiger partial charge is 0.156 e. The van der Waals surface area contributed by atoms with Crippen LogP contribution in [0, 0.1) is 0 Å². The Kier molecular flexibility index (Phi) is 2.73. The molecule has 0 atom stereocenters. The number of hydrogen-bond donors (Lipinski definition) is 1. The van der Waals surface area contributed by atoms with Gasteiger partial charge in [0.05, 0.1) is 5.69 Å². The standard InChI is InChI=1S/C10H13N5/c1-2-10-12-13-14-15(10)9-5-3-8(7-11)4-6-9/h3-6H,2,7,11H2,1H3. The van der Waals surface area contributed by atoms with Crippen molar-refractivity contribution in [2.75, 3.05) is 0 Å². The van der Waals surface area contributed by atoms with Crippen LogP contribution < -0.4 is 5.73 Å². The largest absolute Gasteiger partial charge is 0.326 e. The van der Waals surface area contributed by atoms with Crippen molar-refractivity contribution in [2.45, 2.75) is 19.9 Å². The molecule has 1 aromatic heterocycles. The van der Waals surface area contributed by atoms with Crippen molar-refractivity contribution in [3.63, 3.8) is 0 Å². The monoisotopic (exact) mass is 203 g/mol. The van der Waals surface area contributed by atoms with E-state index < -0.39 is 0 Å². The normalized spacial score (nSPS) is 10.5. The molecule has 0 fully saturated rings. The van der Waals surface area contributed by atoms with Crippen molar-refractivity contribution in [2.24, 2.45) is 5.73 Å². The highest BCUT2D eigenvalue weighted by Crippen LogP contribution is 2.09. The Labute approximate surface area is 87.9 Å². The Hall–Kier alpha value is -1.75. The summed E-state index contributed by atoms with van der Waals surface area (Å²) in [6.07, 6.45) is 0.811. The molecule has 1 heterocycles. The van der Waals surface area contributed by atoms with Crippen LogP contribution >= 0.6 is 0 Å². The SMILES string of the molecule is CCc1nnnn1-c1ccc(CN)cc1. The Balaban J connectivity index is 2.37. The Morgan fingerprint density at radius 1 is 1.27 bits per heavy atom. The van der Waals surface area contributed by atoms with E-state index in [1.165, 1.54) is 0 Å². The van der Waals surface area contributed by atoms with Crippen LogP contribution in [0.15, 0.2) is 24.3 Å². The van der Waals surface area contributed by atoms with Crippen LogP contribution in [-0.2, 0) is 13.0 Å². The molecule has 0 unspecified atom stereocenters. The van der Waals surface area contributed by atoms with E-state index in [9.17, 15) is 0 Å². The maximum absolute atomic E-state index is 5.53. The lowest BCUT2D eigenvalue weighted by atomic mass is 10.2. The molecule has 1 aromatic carbocycles. The van der Waals surface area contributed by atoms with Gasteiger partial charge in [-0.05, 0) is 28.1 Å². The zero-order valence-electron chi connectivity index (χ0n) is 8.59. The second kappa shape index (κ2) is 4.18. The third-order valence-corrected chi connectivity index (χ3v) is 2.27. The number of benzene rings is 1. The average Bonchev–Trinajstić information content (AvgIpc) is 2.77. The highest BCUT2D eigenvalue weighted by atomic mass is 15.5. The van der Waals surface area contributed by atoms with Crippen LogP contribution in [0.2, 0.25) is 0 Å². The molecule has 0 saturated heterocycles. The molecule has 5 nitrogen and oxygen atoms in total. The fraction of sp³-hybridized carbons (Fsp3) is 0.300. The first-order valence-corrected chi connectivity index (χ1v) is 4.91. The fourth-order valence-corrected chi connectivity index (χ4v) is 1.40. The molecule has 0 aliphatic heterocycles.